The molecule has 1 aliphatic carbocycles. The number of aromatic nitrogens is 3. The van der Waals surface area contributed by atoms with Crippen LogP contribution in [-0.2, 0) is 23.8 Å². The Morgan fingerprint density at radius 1 is 1.17 bits per heavy atom. The highest BCUT2D eigenvalue weighted by atomic mass is 79.9. The number of ether oxygens (including phenoxy) is 1. The molecule has 1 aliphatic rings. The first-order chi connectivity index (χ1) is 17.2. The second-order valence-electron chi connectivity index (χ2n) is 8.19. The number of hydrogen-bond donors (Lipinski definition) is 1. The lowest BCUT2D eigenvalue weighted by molar-refractivity contribution is -0.142. The number of fused-ring (bicyclic) bond motifs is 2. The molecule has 3 heterocycles. The molecule has 0 unspecified atom stereocenters. The molecule has 7 nitrogen and oxygen atoms in total. The summed E-state index contributed by atoms with van der Waals surface area (Å²) in [5.41, 5.74) is 0.162. The van der Waals surface area contributed by atoms with E-state index >= 15 is 0 Å². The molecule has 5 rings (SSSR count). The van der Waals surface area contributed by atoms with E-state index < -0.39 is 23.7 Å². The number of rotatable bonds is 4. The van der Waals surface area contributed by atoms with Gasteiger partial charge in [0, 0.05) is 14.9 Å². The lowest BCUT2D eigenvalue weighted by Crippen LogP contribution is -2.17. The van der Waals surface area contributed by atoms with Crippen molar-refractivity contribution >= 4 is 49.8 Å². The zero-order valence-electron chi connectivity index (χ0n) is 18.8. The summed E-state index contributed by atoms with van der Waals surface area (Å²) in [6.07, 6.45) is -0.338. The number of amides is 1. The molecule has 0 saturated carbocycles. The molecule has 0 radical (unpaired) electrons. The van der Waals surface area contributed by atoms with E-state index in [-0.39, 0.29) is 16.9 Å². The van der Waals surface area contributed by atoms with Gasteiger partial charge in [-0.25, -0.2) is 14.3 Å². The highest BCUT2D eigenvalue weighted by Gasteiger charge is 2.36. The number of benzene rings is 1. The van der Waals surface area contributed by atoms with Crippen LogP contribution in [-0.4, -0.2) is 33.6 Å². The van der Waals surface area contributed by atoms with Gasteiger partial charge in [0.05, 0.1) is 24.6 Å². The number of methoxy groups -OCH3 is 1. The molecule has 3 aromatic heterocycles. The minimum Gasteiger partial charge on any atom is -0.465 e. The van der Waals surface area contributed by atoms with E-state index in [4.69, 9.17) is 4.74 Å². The SMILES string of the molecule is COC(=O)c1c(NC(=O)c2cnn3c(C(F)(F)F)cc(-c4ccc(Br)cc4)nc23)sc2c1CCCC2. The number of thiophene rings is 1. The van der Waals surface area contributed by atoms with Gasteiger partial charge in [-0.15, -0.1) is 11.3 Å². The van der Waals surface area contributed by atoms with E-state index in [0.717, 1.165) is 46.4 Å². The largest absolute Gasteiger partial charge is 0.465 e. The molecular formula is C24H18BrF3N4O3S. The number of aryl methyl sites for hydroxylation is 1. The van der Waals surface area contributed by atoms with Gasteiger partial charge in [0.2, 0.25) is 0 Å². The maximum absolute atomic E-state index is 13.9. The highest BCUT2D eigenvalue weighted by Crippen LogP contribution is 2.39. The van der Waals surface area contributed by atoms with E-state index in [1.165, 1.54) is 18.4 Å². The predicted molar refractivity (Wildman–Crippen MR) is 131 cm³/mol. The normalized spacial score (nSPS) is 13.5. The van der Waals surface area contributed by atoms with E-state index in [1.54, 1.807) is 24.3 Å². The molecule has 36 heavy (non-hydrogen) atoms. The van der Waals surface area contributed by atoms with Crippen LogP contribution in [0.2, 0.25) is 0 Å². The van der Waals surface area contributed by atoms with Gasteiger partial charge in [-0.05, 0) is 49.4 Å². The molecule has 12 heteroatoms. The van der Waals surface area contributed by atoms with Gasteiger partial charge in [-0.1, -0.05) is 28.1 Å². The number of alkyl halides is 3. The average Bonchev–Trinajstić information content (AvgIpc) is 3.44. The zero-order chi connectivity index (χ0) is 25.6. The van der Waals surface area contributed by atoms with Crippen molar-refractivity contribution in [1.82, 2.24) is 14.6 Å². The Hall–Kier alpha value is -3.25. The molecule has 0 aliphatic heterocycles. The number of halogens is 4. The Morgan fingerprint density at radius 2 is 1.89 bits per heavy atom. The Labute approximate surface area is 215 Å². The fourth-order valence-corrected chi connectivity index (χ4v) is 5.77. The molecule has 4 aromatic rings. The Morgan fingerprint density at radius 3 is 2.58 bits per heavy atom. The Balaban J connectivity index is 1.60. The first-order valence-electron chi connectivity index (χ1n) is 10.9. The lowest BCUT2D eigenvalue weighted by atomic mass is 9.95. The van der Waals surface area contributed by atoms with Crippen molar-refractivity contribution in [1.29, 1.82) is 0 Å². The van der Waals surface area contributed by atoms with Gasteiger partial charge in [0.1, 0.15) is 10.6 Å². The van der Waals surface area contributed by atoms with Crippen molar-refractivity contribution in [3.05, 3.63) is 68.3 Å². The third-order valence-corrected chi connectivity index (χ3v) is 7.67. The maximum atomic E-state index is 13.9. The Bertz CT molecular complexity index is 1500. The van der Waals surface area contributed by atoms with Gasteiger partial charge < -0.3 is 10.1 Å². The minimum atomic E-state index is -4.74. The smallest absolute Gasteiger partial charge is 0.433 e. The average molecular weight is 579 g/mol. The summed E-state index contributed by atoms with van der Waals surface area (Å²) >= 11 is 4.58. The zero-order valence-corrected chi connectivity index (χ0v) is 21.2. The lowest BCUT2D eigenvalue weighted by Gasteiger charge is -2.12. The van der Waals surface area contributed by atoms with Gasteiger partial charge in [0.25, 0.3) is 5.91 Å². The molecule has 0 saturated heterocycles. The molecule has 1 amide bonds. The molecule has 186 valence electrons. The molecule has 1 N–H and O–H groups in total. The van der Waals surface area contributed by atoms with Crippen molar-refractivity contribution in [2.24, 2.45) is 0 Å². The van der Waals surface area contributed by atoms with Crippen molar-refractivity contribution in [2.45, 2.75) is 31.9 Å². The highest BCUT2D eigenvalue weighted by molar-refractivity contribution is 9.10. The predicted octanol–water partition coefficient (Wildman–Crippen LogP) is 6.16. The second-order valence-corrected chi connectivity index (χ2v) is 10.2. The van der Waals surface area contributed by atoms with Gasteiger partial charge >= 0.3 is 12.1 Å². The number of carbonyl (C=O) groups is 2. The number of hydrogen-bond acceptors (Lipinski definition) is 6. The van der Waals surface area contributed by atoms with E-state index in [9.17, 15) is 22.8 Å². The summed E-state index contributed by atoms with van der Waals surface area (Å²) in [4.78, 5) is 31.1. The molecule has 0 atom stereocenters. The van der Waals surface area contributed by atoms with Crippen LogP contribution < -0.4 is 5.32 Å². The van der Waals surface area contributed by atoms with Crippen LogP contribution in [0.3, 0.4) is 0 Å². The molecular weight excluding hydrogens is 561 g/mol. The summed E-state index contributed by atoms with van der Waals surface area (Å²) in [5, 5.41) is 6.82. The summed E-state index contributed by atoms with van der Waals surface area (Å²) in [5.74, 6) is -1.29. The number of carbonyl (C=O) groups excluding carboxylic acids is 2. The van der Waals surface area contributed by atoms with Crippen LogP contribution in [0, 0.1) is 0 Å². The third-order valence-electron chi connectivity index (χ3n) is 5.93. The van der Waals surface area contributed by atoms with Crippen molar-refractivity contribution in [2.75, 3.05) is 12.4 Å². The number of anilines is 1. The molecule has 0 spiro atoms. The number of nitrogens with one attached hydrogen (secondary N) is 1. The monoisotopic (exact) mass is 578 g/mol. The summed E-state index contributed by atoms with van der Waals surface area (Å²) in [7, 11) is 1.26. The molecule has 0 bridgehead atoms. The standard InChI is InChI=1S/C24H18BrF3N4O3S/c1-35-23(34)19-14-4-2-3-5-17(14)36-22(19)31-21(33)15-11-29-32-18(24(26,27)28)10-16(30-20(15)32)12-6-8-13(25)9-7-12/h6-11H,2-5H2,1H3,(H,31,33). The first-order valence-corrected chi connectivity index (χ1v) is 12.5. The van der Waals surface area contributed by atoms with E-state index in [0.29, 0.717) is 27.1 Å². The summed E-state index contributed by atoms with van der Waals surface area (Å²) in [6, 6.07) is 7.51. The van der Waals surface area contributed by atoms with E-state index in [1.807, 2.05) is 0 Å². The maximum Gasteiger partial charge on any atom is 0.433 e. The van der Waals surface area contributed by atoms with Crippen LogP contribution in [0.5, 0.6) is 0 Å². The first kappa shape index (κ1) is 24.4. The van der Waals surface area contributed by atoms with Gasteiger partial charge in [0.15, 0.2) is 11.3 Å². The molecule has 0 fully saturated rings. The minimum absolute atomic E-state index is 0.0405. The van der Waals surface area contributed by atoms with Crippen molar-refractivity contribution in [3.63, 3.8) is 0 Å². The summed E-state index contributed by atoms with van der Waals surface area (Å²) < 4.78 is 48.0. The van der Waals surface area contributed by atoms with Crippen molar-refractivity contribution < 1.29 is 27.5 Å². The fourth-order valence-electron chi connectivity index (χ4n) is 4.24. The van der Waals surface area contributed by atoms with Crippen LogP contribution in [0.15, 0.2) is 41.0 Å². The molecule has 1 aromatic carbocycles. The number of nitrogens with zero attached hydrogens (tertiary/aromatic N) is 3. The van der Waals surface area contributed by atoms with Gasteiger partial charge in [-0.3, -0.25) is 4.79 Å². The quantitative estimate of drug-likeness (QED) is 0.293. The van der Waals surface area contributed by atoms with Crippen LogP contribution >= 0.6 is 27.3 Å². The van der Waals surface area contributed by atoms with Crippen molar-refractivity contribution in [3.8, 4) is 11.3 Å². The van der Waals surface area contributed by atoms with Gasteiger partial charge in [-0.2, -0.15) is 18.3 Å². The fraction of sp³-hybridized carbons (Fsp3) is 0.250. The van der Waals surface area contributed by atoms with Crippen LogP contribution in [0.25, 0.3) is 16.9 Å². The summed E-state index contributed by atoms with van der Waals surface area (Å²) in [6.45, 7) is 0. The van der Waals surface area contributed by atoms with E-state index in [2.05, 4.69) is 31.3 Å². The second kappa shape index (κ2) is 9.32. The van der Waals surface area contributed by atoms with Crippen LogP contribution in [0.1, 0.15) is 49.7 Å². The third kappa shape index (κ3) is 4.39. The number of esters is 1. The Kier molecular flexibility index (Phi) is 6.33. The van der Waals surface area contributed by atoms with Crippen LogP contribution in [0.4, 0.5) is 18.2 Å². The topological polar surface area (TPSA) is 85.6 Å².